The number of hydrogen-bond donors (Lipinski definition) is 1. The van der Waals surface area contributed by atoms with Crippen molar-refractivity contribution in [3.8, 4) is 0 Å². The quantitative estimate of drug-likeness (QED) is 0.833. The zero-order chi connectivity index (χ0) is 15.7. The molecule has 118 valence electrons. The molecule has 0 radical (unpaired) electrons. The summed E-state index contributed by atoms with van der Waals surface area (Å²) in [5, 5.41) is 0. The van der Waals surface area contributed by atoms with E-state index >= 15 is 0 Å². The summed E-state index contributed by atoms with van der Waals surface area (Å²) in [6, 6.07) is 3.29. The van der Waals surface area contributed by atoms with Crippen LogP contribution >= 0.6 is 23.6 Å². The third-order valence-electron chi connectivity index (χ3n) is 4.70. The number of rotatable bonds is 5. The van der Waals surface area contributed by atoms with Crippen molar-refractivity contribution in [2.75, 3.05) is 13.1 Å². The minimum Gasteiger partial charge on any atom is -0.389 e. The van der Waals surface area contributed by atoms with E-state index in [2.05, 4.69) is 13.8 Å². The molecule has 2 N–H and O–H groups in total. The summed E-state index contributed by atoms with van der Waals surface area (Å²) in [5.74, 6) is 0. The fraction of sp³-hybridized carbons (Fsp3) is 0.643. The molecule has 4 nitrogen and oxygen atoms in total. The third kappa shape index (κ3) is 3.31. The first-order valence-electron chi connectivity index (χ1n) is 7.24. The Morgan fingerprint density at radius 3 is 2.33 bits per heavy atom. The first kappa shape index (κ1) is 16.9. The highest BCUT2D eigenvalue weighted by molar-refractivity contribution is 7.91. The Bertz CT molecular complexity index is 608. The SMILES string of the molecule is CCC1(CC)CCN(S(=O)(=O)c2ccc(C(N)=S)s2)CC1. The molecule has 0 bridgehead atoms. The van der Waals surface area contributed by atoms with Crippen LogP contribution in [-0.2, 0) is 10.0 Å². The van der Waals surface area contributed by atoms with E-state index in [1.165, 1.54) is 0 Å². The summed E-state index contributed by atoms with van der Waals surface area (Å²) in [7, 11) is -3.40. The molecule has 0 unspecified atom stereocenters. The van der Waals surface area contributed by atoms with E-state index in [4.69, 9.17) is 18.0 Å². The molecule has 0 amide bonds. The van der Waals surface area contributed by atoms with Crippen molar-refractivity contribution in [1.82, 2.24) is 4.31 Å². The summed E-state index contributed by atoms with van der Waals surface area (Å²) in [6.45, 7) is 5.59. The van der Waals surface area contributed by atoms with E-state index in [0.717, 1.165) is 37.0 Å². The van der Waals surface area contributed by atoms with Gasteiger partial charge in [0, 0.05) is 13.1 Å². The van der Waals surface area contributed by atoms with E-state index in [-0.39, 0.29) is 4.99 Å². The van der Waals surface area contributed by atoms with Crippen LogP contribution in [0.15, 0.2) is 16.3 Å². The Morgan fingerprint density at radius 2 is 1.90 bits per heavy atom. The van der Waals surface area contributed by atoms with Gasteiger partial charge in [-0.15, -0.1) is 11.3 Å². The van der Waals surface area contributed by atoms with Gasteiger partial charge in [0.15, 0.2) is 0 Å². The summed E-state index contributed by atoms with van der Waals surface area (Å²) < 4.78 is 27.3. The maximum absolute atomic E-state index is 12.7. The van der Waals surface area contributed by atoms with Crippen LogP contribution in [0.2, 0.25) is 0 Å². The molecule has 1 saturated heterocycles. The van der Waals surface area contributed by atoms with Crippen LogP contribution < -0.4 is 5.73 Å². The minimum atomic E-state index is -3.40. The molecule has 2 rings (SSSR count). The Kier molecular flexibility index (Phi) is 5.07. The van der Waals surface area contributed by atoms with Crippen LogP contribution in [0.3, 0.4) is 0 Å². The predicted molar refractivity (Wildman–Crippen MR) is 91.2 cm³/mol. The zero-order valence-electron chi connectivity index (χ0n) is 12.5. The molecule has 2 heterocycles. The lowest BCUT2D eigenvalue weighted by atomic mass is 9.75. The number of thiocarbonyl (C=S) groups is 1. The molecule has 7 heteroatoms. The highest BCUT2D eigenvalue weighted by atomic mass is 32.2. The van der Waals surface area contributed by atoms with Gasteiger partial charge in [0.1, 0.15) is 9.20 Å². The lowest BCUT2D eigenvalue weighted by molar-refractivity contribution is 0.142. The number of thiophene rings is 1. The van der Waals surface area contributed by atoms with Crippen molar-refractivity contribution in [1.29, 1.82) is 0 Å². The number of hydrogen-bond acceptors (Lipinski definition) is 4. The zero-order valence-corrected chi connectivity index (χ0v) is 14.9. The summed E-state index contributed by atoms with van der Waals surface area (Å²) in [5.41, 5.74) is 5.86. The molecule has 1 aliphatic heterocycles. The third-order valence-corrected chi connectivity index (χ3v) is 8.54. The van der Waals surface area contributed by atoms with Gasteiger partial charge in [0.05, 0.1) is 4.88 Å². The molecule has 0 aromatic carbocycles. The maximum atomic E-state index is 12.7. The standard InChI is InChI=1S/C14H22N2O2S3/c1-3-14(4-2)7-9-16(10-8-14)21(17,18)12-6-5-11(20-12)13(15)19/h5-6H,3-4,7-10H2,1-2H3,(H2,15,19). The van der Waals surface area contributed by atoms with Gasteiger partial charge in [-0.05, 0) is 30.4 Å². The molecule has 0 saturated carbocycles. The van der Waals surface area contributed by atoms with E-state index in [1.807, 2.05) is 0 Å². The number of piperidine rings is 1. The Balaban J connectivity index is 2.16. The molecule has 21 heavy (non-hydrogen) atoms. The van der Waals surface area contributed by atoms with Crippen molar-refractivity contribution in [3.05, 3.63) is 17.0 Å². The van der Waals surface area contributed by atoms with Crippen molar-refractivity contribution < 1.29 is 8.42 Å². The van der Waals surface area contributed by atoms with Gasteiger partial charge in [-0.3, -0.25) is 0 Å². The molecule has 1 aliphatic rings. The summed E-state index contributed by atoms with van der Waals surface area (Å²) in [6.07, 6.45) is 4.10. The van der Waals surface area contributed by atoms with Gasteiger partial charge in [-0.25, -0.2) is 8.42 Å². The van der Waals surface area contributed by atoms with Gasteiger partial charge < -0.3 is 5.73 Å². The molecule has 0 spiro atoms. The van der Waals surface area contributed by atoms with Gasteiger partial charge in [0.25, 0.3) is 10.0 Å². The number of nitrogens with zero attached hydrogens (tertiary/aromatic N) is 1. The Hall–Kier alpha value is -0.500. The van der Waals surface area contributed by atoms with Crippen molar-refractivity contribution in [2.24, 2.45) is 11.1 Å². The topological polar surface area (TPSA) is 63.4 Å². The van der Waals surface area contributed by atoms with Gasteiger partial charge in [-0.1, -0.05) is 38.9 Å². The first-order chi connectivity index (χ1) is 9.84. The van der Waals surface area contributed by atoms with E-state index in [9.17, 15) is 8.42 Å². The Labute approximate surface area is 136 Å². The highest BCUT2D eigenvalue weighted by Crippen LogP contribution is 2.39. The summed E-state index contributed by atoms with van der Waals surface area (Å²) in [4.78, 5) is 0.896. The molecule has 0 atom stereocenters. The predicted octanol–water partition coefficient (Wildman–Crippen LogP) is 2.97. The highest BCUT2D eigenvalue weighted by Gasteiger charge is 2.36. The lowest BCUT2D eigenvalue weighted by Gasteiger charge is -2.40. The fourth-order valence-corrected chi connectivity index (χ4v) is 5.82. The van der Waals surface area contributed by atoms with Crippen LogP contribution in [0.5, 0.6) is 0 Å². The number of sulfonamides is 1. The molecule has 1 aromatic heterocycles. The summed E-state index contributed by atoms with van der Waals surface area (Å²) >= 11 is 6.05. The van der Waals surface area contributed by atoms with Gasteiger partial charge in [0.2, 0.25) is 0 Å². The van der Waals surface area contributed by atoms with Gasteiger partial charge >= 0.3 is 0 Å². The second-order valence-electron chi connectivity index (χ2n) is 5.59. The fourth-order valence-electron chi connectivity index (χ4n) is 2.88. The maximum Gasteiger partial charge on any atom is 0.252 e. The average Bonchev–Trinajstić information content (AvgIpc) is 2.98. The van der Waals surface area contributed by atoms with Crippen LogP contribution in [0.1, 0.15) is 44.4 Å². The normalized spacial score (nSPS) is 19.5. The van der Waals surface area contributed by atoms with E-state index in [0.29, 0.717) is 27.6 Å². The Morgan fingerprint density at radius 1 is 1.33 bits per heavy atom. The second-order valence-corrected chi connectivity index (χ2v) is 9.28. The first-order valence-corrected chi connectivity index (χ1v) is 9.91. The van der Waals surface area contributed by atoms with Crippen molar-refractivity contribution in [2.45, 2.75) is 43.7 Å². The van der Waals surface area contributed by atoms with Crippen LogP contribution in [-0.4, -0.2) is 30.8 Å². The van der Waals surface area contributed by atoms with Crippen molar-refractivity contribution >= 4 is 38.6 Å². The second kappa shape index (κ2) is 6.32. The molecule has 0 aliphatic carbocycles. The van der Waals surface area contributed by atoms with Crippen LogP contribution in [0.25, 0.3) is 0 Å². The lowest BCUT2D eigenvalue weighted by Crippen LogP contribution is -2.42. The molecular formula is C14H22N2O2S3. The van der Waals surface area contributed by atoms with Crippen LogP contribution in [0.4, 0.5) is 0 Å². The smallest absolute Gasteiger partial charge is 0.252 e. The number of nitrogens with two attached hydrogens (primary N) is 1. The average molecular weight is 347 g/mol. The van der Waals surface area contributed by atoms with E-state index < -0.39 is 10.0 Å². The van der Waals surface area contributed by atoms with E-state index in [1.54, 1.807) is 16.4 Å². The van der Waals surface area contributed by atoms with Crippen LogP contribution in [0, 0.1) is 5.41 Å². The molecule has 1 fully saturated rings. The molecular weight excluding hydrogens is 324 g/mol. The molecule has 1 aromatic rings. The van der Waals surface area contributed by atoms with Crippen molar-refractivity contribution in [3.63, 3.8) is 0 Å². The minimum absolute atomic E-state index is 0.246. The largest absolute Gasteiger partial charge is 0.389 e. The monoisotopic (exact) mass is 346 g/mol. The van der Waals surface area contributed by atoms with Gasteiger partial charge in [-0.2, -0.15) is 4.31 Å².